The van der Waals surface area contributed by atoms with Gasteiger partial charge in [-0.2, -0.15) is 5.10 Å². The molecule has 2 heterocycles. The van der Waals surface area contributed by atoms with Crippen LogP contribution in [0.3, 0.4) is 0 Å². The highest BCUT2D eigenvalue weighted by Crippen LogP contribution is 2.13. The molecule has 0 aliphatic rings. The quantitative estimate of drug-likeness (QED) is 0.865. The molecule has 2 aromatic heterocycles. The van der Waals surface area contributed by atoms with Crippen LogP contribution in [0.4, 0.5) is 11.8 Å². The Morgan fingerprint density at radius 2 is 2.28 bits per heavy atom. The Balaban J connectivity index is 2.08. The molecular weight excluding hydrogens is 256 g/mol. The predicted molar refractivity (Wildman–Crippen MR) is 66.8 cm³/mol. The van der Waals surface area contributed by atoms with Crippen molar-refractivity contribution in [2.75, 3.05) is 5.32 Å². The predicted octanol–water partition coefficient (Wildman–Crippen LogP) is 1.15. The maximum absolute atomic E-state index is 9.24. The van der Waals surface area contributed by atoms with E-state index in [0.717, 1.165) is 0 Å². The number of aliphatic hydroxyl groups excluding tert-OH is 1. The van der Waals surface area contributed by atoms with Crippen LogP contribution in [-0.2, 0) is 6.54 Å². The number of halogens is 1. The molecule has 0 unspecified atom stereocenters. The number of hydrogen-bond donors (Lipinski definition) is 2. The van der Waals surface area contributed by atoms with Gasteiger partial charge in [-0.3, -0.25) is 4.68 Å². The summed E-state index contributed by atoms with van der Waals surface area (Å²) in [5, 5.41) is 24.2. The Bertz CT molecular complexity index is 541. The van der Waals surface area contributed by atoms with Crippen molar-refractivity contribution in [2.45, 2.75) is 26.5 Å². The number of hydrogen-bond acceptors (Lipinski definition) is 6. The third-order valence-electron chi connectivity index (χ3n) is 2.14. The zero-order chi connectivity index (χ0) is 13.1. The van der Waals surface area contributed by atoms with Crippen LogP contribution in [0, 0.1) is 6.92 Å². The minimum absolute atomic E-state index is 0.278. The summed E-state index contributed by atoms with van der Waals surface area (Å²) in [5.41, 5.74) is 0.595. The average molecular weight is 269 g/mol. The second-order valence-corrected chi connectivity index (χ2v) is 4.27. The van der Waals surface area contributed by atoms with Gasteiger partial charge in [0.1, 0.15) is 0 Å². The lowest BCUT2D eigenvalue weighted by Crippen LogP contribution is -2.12. The van der Waals surface area contributed by atoms with Crippen molar-refractivity contribution in [2.24, 2.45) is 0 Å². The fourth-order valence-corrected chi connectivity index (χ4v) is 1.44. The maximum atomic E-state index is 9.24. The highest BCUT2D eigenvalue weighted by atomic mass is 35.5. The summed E-state index contributed by atoms with van der Waals surface area (Å²) >= 11 is 5.73. The third kappa shape index (κ3) is 3.14. The molecule has 0 aliphatic carbocycles. The van der Waals surface area contributed by atoms with Crippen LogP contribution in [0.1, 0.15) is 12.6 Å². The van der Waals surface area contributed by atoms with Gasteiger partial charge in [0, 0.05) is 12.3 Å². The van der Waals surface area contributed by atoms with Crippen molar-refractivity contribution in [1.29, 1.82) is 0 Å². The number of nitrogens with one attached hydrogen (secondary N) is 1. The molecule has 0 fully saturated rings. The molecule has 0 bridgehead atoms. The summed E-state index contributed by atoms with van der Waals surface area (Å²) < 4.78 is 1.63. The average Bonchev–Trinajstić information content (AvgIpc) is 2.70. The summed E-state index contributed by atoms with van der Waals surface area (Å²) in [6, 6.07) is 1.76. The number of anilines is 2. The first kappa shape index (κ1) is 12.7. The topological polar surface area (TPSA) is 88.8 Å². The smallest absolute Gasteiger partial charge is 0.248 e. The van der Waals surface area contributed by atoms with E-state index >= 15 is 0 Å². The zero-order valence-corrected chi connectivity index (χ0v) is 10.8. The summed E-state index contributed by atoms with van der Waals surface area (Å²) in [6.07, 6.45) is 1.30. The van der Waals surface area contributed by atoms with E-state index in [1.54, 1.807) is 30.8 Å². The van der Waals surface area contributed by atoms with Crippen molar-refractivity contribution in [3.8, 4) is 0 Å². The van der Waals surface area contributed by atoms with E-state index < -0.39 is 6.10 Å². The van der Waals surface area contributed by atoms with Crippen molar-refractivity contribution < 1.29 is 5.11 Å². The van der Waals surface area contributed by atoms with Crippen molar-refractivity contribution in [1.82, 2.24) is 25.0 Å². The van der Waals surface area contributed by atoms with Gasteiger partial charge in [-0.15, -0.1) is 10.2 Å². The lowest BCUT2D eigenvalue weighted by Gasteiger charge is -2.04. The van der Waals surface area contributed by atoms with Crippen LogP contribution < -0.4 is 5.32 Å². The molecule has 2 aromatic rings. The standard InChI is InChI=1S/C10H13ClN6O/c1-6(18)5-17-4-3-8(16-17)13-10-12-7(2)9(11)14-15-10/h3-4,6,18H,5H2,1-2H3,(H,12,13,15,16)/t6-/m1/s1. The number of rotatable bonds is 4. The monoisotopic (exact) mass is 268 g/mol. The normalized spacial score (nSPS) is 12.4. The van der Waals surface area contributed by atoms with Gasteiger partial charge in [0.05, 0.1) is 18.3 Å². The number of aryl methyl sites for hydroxylation is 1. The van der Waals surface area contributed by atoms with Crippen LogP contribution in [0.25, 0.3) is 0 Å². The van der Waals surface area contributed by atoms with Gasteiger partial charge in [0.25, 0.3) is 0 Å². The second kappa shape index (κ2) is 5.28. The van der Waals surface area contributed by atoms with E-state index in [2.05, 4.69) is 25.6 Å². The summed E-state index contributed by atoms with van der Waals surface area (Å²) in [4.78, 5) is 4.12. The molecule has 1 atom stereocenters. The zero-order valence-electron chi connectivity index (χ0n) is 10.0. The summed E-state index contributed by atoms with van der Waals surface area (Å²) in [6.45, 7) is 3.87. The number of nitrogens with zero attached hydrogens (tertiary/aromatic N) is 5. The second-order valence-electron chi connectivity index (χ2n) is 3.91. The first-order chi connectivity index (χ1) is 8.54. The van der Waals surface area contributed by atoms with E-state index in [1.165, 1.54) is 0 Å². The number of aromatic nitrogens is 5. The first-order valence-corrected chi connectivity index (χ1v) is 5.78. The SMILES string of the molecule is Cc1nc(Nc2ccn(C[C@@H](C)O)n2)nnc1Cl. The molecule has 0 aromatic carbocycles. The van der Waals surface area contributed by atoms with Gasteiger partial charge in [0.15, 0.2) is 11.0 Å². The lowest BCUT2D eigenvalue weighted by molar-refractivity contribution is 0.168. The van der Waals surface area contributed by atoms with Crippen LogP contribution in [-0.4, -0.2) is 36.2 Å². The molecule has 2 N–H and O–H groups in total. The molecule has 2 rings (SSSR count). The highest BCUT2D eigenvalue weighted by Gasteiger charge is 2.06. The molecule has 0 saturated heterocycles. The third-order valence-corrected chi connectivity index (χ3v) is 2.49. The molecule has 96 valence electrons. The van der Waals surface area contributed by atoms with E-state index in [-0.39, 0.29) is 5.15 Å². The van der Waals surface area contributed by atoms with E-state index in [4.69, 9.17) is 11.6 Å². The molecule has 0 amide bonds. The molecule has 18 heavy (non-hydrogen) atoms. The molecule has 0 radical (unpaired) electrons. The van der Waals surface area contributed by atoms with Gasteiger partial charge < -0.3 is 10.4 Å². The first-order valence-electron chi connectivity index (χ1n) is 5.40. The van der Waals surface area contributed by atoms with Gasteiger partial charge in [-0.25, -0.2) is 4.98 Å². The van der Waals surface area contributed by atoms with Crippen LogP contribution in [0.15, 0.2) is 12.3 Å². The van der Waals surface area contributed by atoms with E-state index in [9.17, 15) is 5.11 Å². The Morgan fingerprint density at radius 1 is 1.50 bits per heavy atom. The number of aliphatic hydroxyl groups is 1. The Kier molecular flexibility index (Phi) is 3.73. The Hall–Kier alpha value is -1.73. The van der Waals surface area contributed by atoms with E-state index in [1.807, 2.05) is 0 Å². The van der Waals surface area contributed by atoms with Crippen molar-refractivity contribution >= 4 is 23.4 Å². The van der Waals surface area contributed by atoms with Gasteiger partial charge in [0.2, 0.25) is 5.95 Å². The minimum Gasteiger partial charge on any atom is -0.391 e. The van der Waals surface area contributed by atoms with Crippen LogP contribution in [0.5, 0.6) is 0 Å². The van der Waals surface area contributed by atoms with Crippen molar-refractivity contribution in [3.63, 3.8) is 0 Å². The minimum atomic E-state index is -0.451. The molecule has 0 spiro atoms. The maximum Gasteiger partial charge on any atom is 0.248 e. The highest BCUT2D eigenvalue weighted by molar-refractivity contribution is 6.29. The Morgan fingerprint density at radius 3 is 2.94 bits per heavy atom. The summed E-state index contributed by atoms with van der Waals surface area (Å²) in [5.74, 6) is 0.915. The molecule has 0 aliphatic heterocycles. The summed E-state index contributed by atoms with van der Waals surface area (Å²) in [7, 11) is 0. The lowest BCUT2D eigenvalue weighted by atomic mass is 10.4. The molecule has 7 nitrogen and oxygen atoms in total. The molecular formula is C10H13ClN6O. The fraction of sp³-hybridized carbons (Fsp3) is 0.400. The molecule has 8 heteroatoms. The largest absolute Gasteiger partial charge is 0.391 e. The van der Waals surface area contributed by atoms with Gasteiger partial charge >= 0.3 is 0 Å². The fourth-order valence-electron chi connectivity index (χ4n) is 1.36. The van der Waals surface area contributed by atoms with Gasteiger partial charge in [-0.05, 0) is 13.8 Å². The Labute approximate surface area is 109 Å². The molecule has 0 saturated carbocycles. The van der Waals surface area contributed by atoms with Crippen LogP contribution >= 0.6 is 11.6 Å². The van der Waals surface area contributed by atoms with E-state index in [0.29, 0.717) is 24.0 Å². The van der Waals surface area contributed by atoms with Crippen LogP contribution in [0.2, 0.25) is 5.15 Å². The van der Waals surface area contributed by atoms with Crippen molar-refractivity contribution in [3.05, 3.63) is 23.1 Å². The van der Waals surface area contributed by atoms with Gasteiger partial charge in [-0.1, -0.05) is 11.6 Å².